The molecule has 1 aliphatic rings. The normalized spacial score (nSPS) is 16.6. The van der Waals surface area contributed by atoms with Crippen LogP contribution in [0.15, 0.2) is 24.3 Å². The average molecular weight is 289 g/mol. The van der Waals surface area contributed by atoms with Gasteiger partial charge in [0.25, 0.3) is 0 Å². The Bertz CT molecular complexity index is 648. The molecule has 3 nitrogen and oxygen atoms in total. The number of piperidine rings is 1. The maximum atomic E-state index is 11.4. The molecule has 104 valence electrons. The summed E-state index contributed by atoms with van der Waals surface area (Å²) in [4.78, 5) is 18.2. The SMILES string of the molecule is CC1CCN(c2nc3c(Cl)cccc3cc2C=O)CC1. The van der Waals surface area contributed by atoms with Crippen LogP contribution in [-0.4, -0.2) is 24.4 Å². The van der Waals surface area contributed by atoms with Gasteiger partial charge in [-0.2, -0.15) is 0 Å². The van der Waals surface area contributed by atoms with E-state index in [0.29, 0.717) is 10.6 Å². The highest BCUT2D eigenvalue weighted by molar-refractivity contribution is 6.35. The number of carbonyl (C=O) groups excluding carboxylic acids is 1. The summed E-state index contributed by atoms with van der Waals surface area (Å²) < 4.78 is 0. The quantitative estimate of drug-likeness (QED) is 0.785. The predicted molar refractivity (Wildman–Crippen MR) is 82.8 cm³/mol. The van der Waals surface area contributed by atoms with E-state index in [2.05, 4.69) is 16.8 Å². The lowest BCUT2D eigenvalue weighted by atomic mass is 9.99. The third-order valence-corrected chi connectivity index (χ3v) is 4.32. The van der Waals surface area contributed by atoms with Crippen LogP contribution in [0.5, 0.6) is 0 Å². The van der Waals surface area contributed by atoms with E-state index in [-0.39, 0.29) is 0 Å². The number of hydrogen-bond acceptors (Lipinski definition) is 3. The lowest BCUT2D eigenvalue weighted by Crippen LogP contribution is -2.34. The van der Waals surface area contributed by atoms with Gasteiger partial charge >= 0.3 is 0 Å². The van der Waals surface area contributed by atoms with Gasteiger partial charge in [0.1, 0.15) is 5.82 Å². The number of anilines is 1. The topological polar surface area (TPSA) is 33.2 Å². The molecule has 0 N–H and O–H groups in total. The first kappa shape index (κ1) is 13.4. The second-order valence-electron chi connectivity index (χ2n) is 5.50. The molecule has 2 aromatic rings. The van der Waals surface area contributed by atoms with E-state index >= 15 is 0 Å². The summed E-state index contributed by atoms with van der Waals surface area (Å²) in [6.07, 6.45) is 3.17. The zero-order chi connectivity index (χ0) is 14.1. The van der Waals surface area contributed by atoms with Crippen LogP contribution in [-0.2, 0) is 0 Å². The zero-order valence-corrected chi connectivity index (χ0v) is 12.2. The molecule has 0 radical (unpaired) electrons. The first-order valence-electron chi connectivity index (χ1n) is 6.98. The van der Waals surface area contributed by atoms with Crippen LogP contribution in [0, 0.1) is 5.92 Å². The largest absolute Gasteiger partial charge is 0.356 e. The van der Waals surface area contributed by atoms with E-state index in [9.17, 15) is 4.79 Å². The summed E-state index contributed by atoms with van der Waals surface area (Å²) in [5.41, 5.74) is 1.42. The maximum absolute atomic E-state index is 11.4. The van der Waals surface area contributed by atoms with Crippen LogP contribution in [0.3, 0.4) is 0 Å². The van der Waals surface area contributed by atoms with Gasteiger partial charge in [-0.25, -0.2) is 4.98 Å². The first-order chi connectivity index (χ1) is 9.69. The van der Waals surface area contributed by atoms with Crippen molar-refractivity contribution >= 4 is 34.6 Å². The molecule has 0 unspecified atom stereocenters. The summed E-state index contributed by atoms with van der Waals surface area (Å²) in [5, 5.41) is 1.54. The van der Waals surface area contributed by atoms with Gasteiger partial charge in [0.05, 0.1) is 16.1 Å². The molecule has 0 bridgehead atoms. The number of pyridine rings is 1. The fraction of sp³-hybridized carbons (Fsp3) is 0.375. The molecule has 0 saturated carbocycles. The minimum Gasteiger partial charge on any atom is -0.356 e. The Labute approximate surface area is 123 Å². The summed E-state index contributed by atoms with van der Waals surface area (Å²) in [6, 6.07) is 7.53. The Morgan fingerprint density at radius 2 is 2.10 bits per heavy atom. The number of halogens is 1. The summed E-state index contributed by atoms with van der Waals surface area (Å²) in [7, 11) is 0. The summed E-state index contributed by atoms with van der Waals surface area (Å²) in [5.74, 6) is 1.52. The molecule has 1 aromatic carbocycles. The molecule has 1 fully saturated rings. The highest BCUT2D eigenvalue weighted by Crippen LogP contribution is 2.29. The maximum Gasteiger partial charge on any atom is 0.153 e. The van der Waals surface area contributed by atoms with Gasteiger partial charge in [-0.15, -0.1) is 0 Å². The molecule has 1 aromatic heterocycles. The Kier molecular flexibility index (Phi) is 3.62. The second kappa shape index (κ2) is 5.41. The lowest BCUT2D eigenvalue weighted by molar-refractivity contribution is 0.112. The molecule has 2 heterocycles. The van der Waals surface area contributed by atoms with Crippen LogP contribution in [0.1, 0.15) is 30.1 Å². The average Bonchev–Trinajstić information content (AvgIpc) is 2.47. The van der Waals surface area contributed by atoms with Gasteiger partial charge < -0.3 is 4.90 Å². The Hall–Kier alpha value is -1.61. The summed E-state index contributed by atoms with van der Waals surface area (Å²) >= 11 is 6.22. The van der Waals surface area contributed by atoms with E-state index in [4.69, 9.17) is 11.6 Å². The van der Waals surface area contributed by atoms with Crippen LogP contribution in [0.4, 0.5) is 5.82 Å². The number of hydrogen-bond donors (Lipinski definition) is 0. The Morgan fingerprint density at radius 3 is 2.80 bits per heavy atom. The van der Waals surface area contributed by atoms with Gasteiger partial charge in [-0.1, -0.05) is 30.7 Å². The summed E-state index contributed by atoms with van der Waals surface area (Å²) in [6.45, 7) is 4.17. The van der Waals surface area contributed by atoms with Gasteiger partial charge in [0.2, 0.25) is 0 Å². The van der Waals surface area contributed by atoms with E-state index in [1.54, 1.807) is 0 Å². The predicted octanol–water partition coefficient (Wildman–Crippen LogP) is 3.94. The number of fused-ring (bicyclic) bond motifs is 1. The van der Waals surface area contributed by atoms with Crippen molar-refractivity contribution in [2.45, 2.75) is 19.8 Å². The molecule has 1 aliphatic heterocycles. The van der Waals surface area contributed by atoms with Crippen LogP contribution < -0.4 is 4.90 Å². The van der Waals surface area contributed by atoms with Gasteiger partial charge in [-0.05, 0) is 30.9 Å². The van der Waals surface area contributed by atoms with Crippen molar-refractivity contribution in [2.75, 3.05) is 18.0 Å². The van der Waals surface area contributed by atoms with E-state index in [1.165, 1.54) is 0 Å². The molecule has 20 heavy (non-hydrogen) atoms. The van der Waals surface area contributed by atoms with E-state index in [0.717, 1.165) is 54.9 Å². The van der Waals surface area contributed by atoms with Crippen LogP contribution in [0.25, 0.3) is 10.9 Å². The Balaban J connectivity index is 2.09. The molecular formula is C16H17ClN2O. The van der Waals surface area contributed by atoms with Crippen molar-refractivity contribution < 1.29 is 4.79 Å². The molecule has 4 heteroatoms. The standard InChI is InChI=1S/C16H17ClN2O/c1-11-5-7-19(8-6-11)16-13(10-20)9-12-3-2-4-14(17)15(12)18-16/h2-4,9-11H,5-8H2,1H3. The molecule has 0 spiro atoms. The van der Waals surface area contributed by atoms with Crippen molar-refractivity contribution in [3.8, 4) is 0 Å². The monoisotopic (exact) mass is 288 g/mol. The van der Waals surface area contributed by atoms with E-state index < -0.39 is 0 Å². The first-order valence-corrected chi connectivity index (χ1v) is 7.36. The fourth-order valence-electron chi connectivity index (χ4n) is 2.73. The highest BCUT2D eigenvalue weighted by Gasteiger charge is 2.20. The minimum atomic E-state index is 0.631. The number of benzene rings is 1. The number of para-hydroxylation sites is 1. The Morgan fingerprint density at radius 1 is 1.35 bits per heavy atom. The molecular weight excluding hydrogens is 272 g/mol. The van der Waals surface area contributed by atoms with Crippen molar-refractivity contribution in [1.29, 1.82) is 0 Å². The molecule has 0 atom stereocenters. The third kappa shape index (κ3) is 2.38. The van der Waals surface area contributed by atoms with Gasteiger partial charge in [-0.3, -0.25) is 4.79 Å². The van der Waals surface area contributed by atoms with Crippen molar-refractivity contribution in [3.05, 3.63) is 34.9 Å². The lowest BCUT2D eigenvalue weighted by Gasteiger charge is -2.32. The van der Waals surface area contributed by atoms with Crippen molar-refractivity contribution in [2.24, 2.45) is 5.92 Å². The number of aromatic nitrogens is 1. The number of aldehydes is 1. The molecule has 0 aliphatic carbocycles. The highest BCUT2D eigenvalue weighted by atomic mass is 35.5. The molecule has 0 amide bonds. The second-order valence-corrected chi connectivity index (χ2v) is 5.91. The van der Waals surface area contributed by atoms with Gasteiger partial charge in [0, 0.05) is 18.5 Å². The molecule has 3 rings (SSSR count). The zero-order valence-electron chi connectivity index (χ0n) is 11.5. The smallest absolute Gasteiger partial charge is 0.153 e. The van der Waals surface area contributed by atoms with Crippen molar-refractivity contribution in [1.82, 2.24) is 4.98 Å². The number of nitrogens with zero attached hydrogens (tertiary/aromatic N) is 2. The number of rotatable bonds is 2. The fourth-order valence-corrected chi connectivity index (χ4v) is 2.95. The number of carbonyl (C=O) groups is 1. The van der Waals surface area contributed by atoms with Crippen LogP contribution in [0.2, 0.25) is 5.02 Å². The minimum absolute atomic E-state index is 0.631. The van der Waals surface area contributed by atoms with Crippen LogP contribution >= 0.6 is 11.6 Å². The van der Waals surface area contributed by atoms with Gasteiger partial charge in [0.15, 0.2) is 6.29 Å². The van der Waals surface area contributed by atoms with E-state index in [1.807, 2.05) is 24.3 Å². The van der Waals surface area contributed by atoms with Crippen molar-refractivity contribution in [3.63, 3.8) is 0 Å². The molecule has 1 saturated heterocycles. The third-order valence-electron chi connectivity index (χ3n) is 4.02.